The summed E-state index contributed by atoms with van der Waals surface area (Å²) in [4.78, 5) is 63.5. The van der Waals surface area contributed by atoms with Crippen LogP contribution in [0.1, 0.15) is 32.0 Å². The molecule has 0 saturated heterocycles. The maximum atomic E-state index is 13.1. The van der Waals surface area contributed by atoms with Gasteiger partial charge < -0.3 is 9.88 Å². The molecule has 0 unspecified atom stereocenters. The van der Waals surface area contributed by atoms with Crippen molar-refractivity contribution in [1.82, 2.24) is 28.7 Å². The van der Waals surface area contributed by atoms with E-state index < -0.39 is 23.2 Å². The predicted octanol–water partition coefficient (Wildman–Crippen LogP) is 2.56. The van der Waals surface area contributed by atoms with Crippen LogP contribution in [0.25, 0.3) is 21.7 Å². The molecule has 182 valence electrons. The van der Waals surface area contributed by atoms with Gasteiger partial charge in [0.05, 0.1) is 23.6 Å². The van der Waals surface area contributed by atoms with E-state index in [9.17, 15) is 19.2 Å². The van der Waals surface area contributed by atoms with Crippen molar-refractivity contribution in [2.24, 2.45) is 7.05 Å². The molecule has 0 aliphatic rings. The summed E-state index contributed by atoms with van der Waals surface area (Å²) >= 11 is 7.47. The maximum absolute atomic E-state index is 13.1. The first-order valence-electron chi connectivity index (χ1n) is 10.7. The van der Waals surface area contributed by atoms with Crippen molar-refractivity contribution in [2.45, 2.75) is 39.8 Å². The van der Waals surface area contributed by atoms with Crippen molar-refractivity contribution in [2.75, 3.05) is 5.32 Å². The fourth-order valence-corrected chi connectivity index (χ4v) is 4.35. The van der Waals surface area contributed by atoms with Gasteiger partial charge in [-0.25, -0.2) is 14.8 Å². The maximum Gasteiger partial charge on any atom is 0.332 e. The summed E-state index contributed by atoms with van der Waals surface area (Å²) < 4.78 is 3.44. The molecule has 0 aliphatic carbocycles. The number of carbonyl (C=O) groups excluding carboxylic acids is 2. The fourth-order valence-electron chi connectivity index (χ4n) is 3.45. The molecular formula is C22H22ClN7O4S. The van der Waals surface area contributed by atoms with Gasteiger partial charge in [-0.2, -0.15) is 0 Å². The molecule has 35 heavy (non-hydrogen) atoms. The van der Waals surface area contributed by atoms with Crippen LogP contribution in [-0.2, 0) is 23.2 Å². The number of rotatable bonds is 7. The molecule has 0 aromatic carbocycles. The Balaban J connectivity index is 1.64. The van der Waals surface area contributed by atoms with Crippen LogP contribution in [0, 0.1) is 6.92 Å². The number of nitrogens with zero attached hydrogens (tertiary/aromatic N) is 6. The van der Waals surface area contributed by atoms with Crippen LogP contribution < -0.4 is 16.6 Å². The Hall–Kier alpha value is -3.64. The van der Waals surface area contributed by atoms with Gasteiger partial charge in [-0.3, -0.25) is 28.5 Å². The lowest BCUT2D eigenvalue weighted by Crippen LogP contribution is -2.41. The minimum atomic E-state index is -0.860. The topological polar surface area (TPSA) is 134 Å². The van der Waals surface area contributed by atoms with Gasteiger partial charge >= 0.3 is 5.69 Å². The molecule has 0 fully saturated rings. The highest BCUT2D eigenvalue weighted by Crippen LogP contribution is 2.28. The van der Waals surface area contributed by atoms with Crippen molar-refractivity contribution in [3.05, 3.63) is 55.5 Å². The molecule has 4 rings (SSSR count). The summed E-state index contributed by atoms with van der Waals surface area (Å²) in [5.41, 5.74) is 0.284. The summed E-state index contributed by atoms with van der Waals surface area (Å²) in [5, 5.41) is 5.58. The van der Waals surface area contributed by atoms with Crippen LogP contribution in [0.2, 0.25) is 5.02 Å². The SMILES string of the molecule is CCC(=O)Cn1c(=O)c2c(ncn2[C@@H](C)C(=O)Nc2csc(-c3cnc(C)c(Cl)c3)n2)n(C)c1=O. The van der Waals surface area contributed by atoms with E-state index in [2.05, 4.69) is 20.3 Å². The van der Waals surface area contributed by atoms with Gasteiger partial charge in [0.1, 0.15) is 16.9 Å². The summed E-state index contributed by atoms with van der Waals surface area (Å²) in [6.45, 7) is 4.71. The average molecular weight is 516 g/mol. The van der Waals surface area contributed by atoms with Crippen LogP contribution in [0.15, 0.2) is 33.6 Å². The number of aromatic nitrogens is 6. The smallest absolute Gasteiger partial charge is 0.312 e. The van der Waals surface area contributed by atoms with Gasteiger partial charge in [-0.1, -0.05) is 18.5 Å². The van der Waals surface area contributed by atoms with E-state index >= 15 is 0 Å². The second-order valence-electron chi connectivity index (χ2n) is 7.94. The second kappa shape index (κ2) is 9.55. The lowest BCUT2D eigenvalue weighted by atomic mass is 10.2. The lowest BCUT2D eigenvalue weighted by Gasteiger charge is -2.14. The number of fused-ring (bicyclic) bond motifs is 1. The molecule has 0 bridgehead atoms. The molecule has 1 amide bonds. The zero-order chi connectivity index (χ0) is 25.4. The number of hydrogen-bond donors (Lipinski definition) is 1. The largest absolute Gasteiger partial charge is 0.332 e. The molecule has 0 aliphatic heterocycles. The molecule has 13 heteroatoms. The van der Waals surface area contributed by atoms with E-state index in [-0.39, 0.29) is 29.9 Å². The number of halogens is 1. The Morgan fingerprint density at radius 2 is 2.00 bits per heavy atom. The van der Waals surface area contributed by atoms with Crippen molar-refractivity contribution in [3.63, 3.8) is 0 Å². The van der Waals surface area contributed by atoms with Crippen LogP contribution in [0.5, 0.6) is 0 Å². The van der Waals surface area contributed by atoms with Gasteiger partial charge in [0.15, 0.2) is 16.9 Å². The summed E-state index contributed by atoms with van der Waals surface area (Å²) in [6.07, 6.45) is 3.17. The Morgan fingerprint density at radius 3 is 2.69 bits per heavy atom. The van der Waals surface area contributed by atoms with Crippen LogP contribution in [0.4, 0.5) is 5.82 Å². The molecular weight excluding hydrogens is 494 g/mol. The first-order valence-corrected chi connectivity index (χ1v) is 11.9. The number of nitrogens with one attached hydrogen (secondary N) is 1. The number of pyridine rings is 1. The zero-order valence-electron chi connectivity index (χ0n) is 19.4. The minimum Gasteiger partial charge on any atom is -0.312 e. The van der Waals surface area contributed by atoms with E-state index in [4.69, 9.17) is 11.6 Å². The van der Waals surface area contributed by atoms with Gasteiger partial charge in [0, 0.05) is 30.6 Å². The number of aryl methyl sites for hydroxylation is 2. The summed E-state index contributed by atoms with van der Waals surface area (Å²) in [5.74, 6) is -0.364. The number of thiazole rings is 1. The number of Topliss-reactive ketones (excluding diaryl/α,β-unsaturated/α-hetero) is 1. The molecule has 4 aromatic heterocycles. The highest BCUT2D eigenvalue weighted by Gasteiger charge is 2.24. The molecule has 1 N–H and O–H groups in total. The average Bonchev–Trinajstić information content (AvgIpc) is 3.49. The van der Waals surface area contributed by atoms with E-state index in [1.54, 1.807) is 38.4 Å². The molecule has 4 aromatic rings. The van der Waals surface area contributed by atoms with Crippen LogP contribution in [0.3, 0.4) is 0 Å². The first-order chi connectivity index (χ1) is 16.6. The number of anilines is 1. The van der Waals surface area contributed by atoms with Crippen LogP contribution >= 0.6 is 22.9 Å². The quantitative estimate of drug-likeness (QED) is 0.399. The van der Waals surface area contributed by atoms with Gasteiger partial charge in [0.25, 0.3) is 5.56 Å². The van der Waals surface area contributed by atoms with Gasteiger partial charge in [-0.15, -0.1) is 11.3 Å². The normalized spacial score (nSPS) is 12.1. The zero-order valence-corrected chi connectivity index (χ0v) is 21.0. The number of amides is 1. The molecule has 0 saturated carbocycles. The van der Waals surface area contributed by atoms with Crippen molar-refractivity contribution in [1.29, 1.82) is 0 Å². The van der Waals surface area contributed by atoms with Crippen molar-refractivity contribution < 1.29 is 9.59 Å². The number of imidazole rings is 1. The lowest BCUT2D eigenvalue weighted by molar-refractivity contribution is -0.120. The standard InChI is InChI=1S/C22H22ClN7O4S/c1-5-14(31)8-29-21(33)17-18(28(4)22(29)34)25-10-30(17)12(3)19(32)26-16-9-35-20(27-16)13-6-15(23)11(2)24-7-13/h6-7,9-10,12H,5,8H2,1-4H3,(H,26,32)/t12-/m0/s1. The number of ketones is 1. The van der Waals surface area contributed by atoms with Crippen molar-refractivity contribution >= 4 is 51.6 Å². The Kier molecular flexibility index (Phi) is 6.68. The molecule has 1 atom stereocenters. The van der Waals surface area contributed by atoms with E-state index in [0.717, 1.165) is 10.1 Å². The molecule has 0 radical (unpaired) electrons. The van der Waals surface area contributed by atoms with E-state index in [1.807, 2.05) is 0 Å². The Labute approximate surface area is 208 Å². The molecule has 4 heterocycles. The summed E-state index contributed by atoms with van der Waals surface area (Å²) in [6, 6.07) is 0.897. The number of hydrogen-bond acceptors (Lipinski definition) is 8. The van der Waals surface area contributed by atoms with Gasteiger partial charge in [-0.05, 0) is 19.9 Å². The van der Waals surface area contributed by atoms with Crippen molar-refractivity contribution in [3.8, 4) is 10.6 Å². The summed E-state index contributed by atoms with van der Waals surface area (Å²) in [7, 11) is 1.46. The third-order valence-electron chi connectivity index (χ3n) is 5.61. The first kappa shape index (κ1) is 24.5. The van der Waals surface area contributed by atoms with E-state index in [0.29, 0.717) is 21.5 Å². The van der Waals surface area contributed by atoms with Gasteiger partial charge in [0.2, 0.25) is 5.91 Å². The third-order valence-corrected chi connectivity index (χ3v) is 6.88. The Bertz CT molecular complexity index is 1580. The van der Waals surface area contributed by atoms with E-state index in [1.165, 1.54) is 33.8 Å². The highest BCUT2D eigenvalue weighted by atomic mass is 35.5. The fraction of sp³-hybridized carbons (Fsp3) is 0.318. The molecule has 11 nitrogen and oxygen atoms in total. The Morgan fingerprint density at radius 1 is 1.26 bits per heavy atom. The number of carbonyl (C=O) groups is 2. The monoisotopic (exact) mass is 515 g/mol. The minimum absolute atomic E-state index is 0.0537. The third kappa shape index (κ3) is 4.54. The predicted molar refractivity (Wildman–Crippen MR) is 133 cm³/mol. The highest BCUT2D eigenvalue weighted by molar-refractivity contribution is 7.13. The second-order valence-corrected chi connectivity index (χ2v) is 9.21. The molecule has 0 spiro atoms. The van der Waals surface area contributed by atoms with Crippen LogP contribution in [-0.4, -0.2) is 40.3 Å².